The monoisotopic (exact) mass is 528 g/mol. The standard InChI is InChI=1S/C27H33ClN4O5/c28-23-3-1-2-4-24(23)31-15-17-32(18-16-31)27(36)30-14-13-29-25(33)19-5-9-21(10-6-19)37-22-11-7-20(8-12-22)26(34)35/h1-6,9-10,20,22H,7-8,11-18H2,(H,29,33)(H,30,36)(H,34,35)/t20-,22+. The molecule has 4 rings (SSSR count). The van der Waals surface area contributed by atoms with Gasteiger partial charge < -0.3 is 30.3 Å². The maximum absolute atomic E-state index is 12.5. The van der Waals surface area contributed by atoms with Gasteiger partial charge in [0, 0.05) is 44.8 Å². The number of ether oxygens (including phenoxy) is 1. The summed E-state index contributed by atoms with van der Waals surface area (Å²) in [6.07, 6.45) is 2.66. The minimum absolute atomic E-state index is 0.00185. The number of aliphatic carboxylic acids is 1. The fraction of sp³-hybridized carbons (Fsp3) is 0.444. The fourth-order valence-electron chi connectivity index (χ4n) is 4.72. The SMILES string of the molecule is O=C(NCCNC(=O)N1CCN(c2ccccc2Cl)CC1)c1ccc(O[C@H]2CC[C@@H](C(=O)O)CC2)cc1. The molecule has 1 saturated heterocycles. The molecule has 198 valence electrons. The molecular formula is C27H33ClN4O5. The molecule has 0 spiro atoms. The highest BCUT2D eigenvalue weighted by Crippen LogP contribution is 2.28. The molecular weight excluding hydrogens is 496 g/mol. The average molecular weight is 529 g/mol. The summed E-state index contributed by atoms with van der Waals surface area (Å²) in [5.74, 6) is -0.575. The summed E-state index contributed by atoms with van der Waals surface area (Å²) >= 11 is 6.28. The van der Waals surface area contributed by atoms with Gasteiger partial charge in [0.25, 0.3) is 5.91 Å². The molecule has 9 nitrogen and oxygen atoms in total. The Bertz CT molecular complexity index is 1080. The van der Waals surface area contributed by atoms with Crippen molar-refractivity contribution in [1.29, 1.82) is 0 Å². The number of para-hydroxylation sites is 1. The molecule has 0 bridgehead atoms. The normalized spacial score (nSPS) is 19.7. The topological polar surface area (TPSA) is 111 Å². The van der Waals surface area contributed by atoms with Gasteiger partial charge in [-0.1, -0.05) is 23.7 Å². The summed E-state index contributed by atoms with van der Waals surface area (Å²) in [5.41, 5.74) is 1.48. The van der Waals surface area contributed by atoms with Gasteiger partial charge in [-0.25, -0.2) is 4.79 Å². The molecule has 1 aliphatic heterocycles. The molecule has 3 N–H and O–H groups in total. The molecule has 2 aliphatic rings. The van der Waals surface area contributed by atoms with Gasteiger partial charge in [-0.15, -0.1) is 0 Å². The number of carbonyl (C=O) groups excluding carboxylic acids is 2. The Balaban J connectivity index is 1.13. The zero-order valence-corrected chi connectivity index (χ0v) is 21.5. The summed E-state index contributed by atoms with van der Waals surface area (Å²) < 4.78 is 5.95. The third kappa shape index (κ3) is 7.29. The number of urea groups is 1. The number of nitrogens with zero attached hydrogens (tertiary/aromatic N) is 2. The summed E-state index contributed by atoms with van der Waals surface area (Å²) in [6, 6.07) is 14.5. The molecule has 1 saturated carbocycles. The first kappa shape index (κ1) is 26.6. The van der Waals surface area contributed by atoms with Crippen molar-refractivity contribution in [2.75, 3.05) is 44.2 Å². The third-order valence-corrected chi connectivity index (χ3v) is 7.21. The van der Waals surface area contributed by atoms with Crippen LogP contribution >= 0.6 is 11.6 Å². The summed E-state index contributed by atoms with van der Waals surface area (Å²) in [6.45, 7) is 3.25. The van der Waals surface area contributed by atoms with E-state index in [-0.39, 0.29) is 24.0 Å². The highest BCUT2D eigenvalue weighted by atomic mass is 35.5. The van der Waals surface area contributed by atoms with Crippen molar-refractivity contribution >= 4 is 35.2 Å². The first-order valence-electron chi connectivity index (χ1n) is 12.7. The van der Waals surface area contributed by atoms with Gasteiger partial charge in [0.2, 0.25) is 0 Å². The molecule has 1 aliphatic carbocycles. The number of benzene rings is 2. The van der Waals surface area contributed by atoms with Crippen molar-refractivity contribution in [3.63, 3.8) is 0 Å². The van der Waals surface area contributed by atoms with Crippen molar-refractivity contribution in [2.24, 2.45) is 5.92 Å². The molecule has 2 fully saturated rings. The van der Waals surface area contributed by atoms with E-state index in [1.165, 1.54) is 0 Å². The second-order valence-electron chi connectivity index (χ2n) is 9.37. The lowest BCUT2D eigenvalue weighted by Crippen LogP contribution is -2.52. The van der Waals surface area contributed by atoms with Crippen molar-refractivity contribution in [3.05, 3.63) is 59.1 Å². The van der Waals surface area contributed by atoms with Gasteiger partial charge in [-0.3, -0.25) is 9.59 Å². The summed E-state index contributed by atoms with van der Waals surface area (Å²) in [4.78, 5) is 40.0. The first-order valence-corrected chi connectivity index (χ1v) is 13.1. The summed E-state index contributed by atoms with van der Waals surface area (Å²) in [7, 11) is 0. The molecule has 2 aromatic rings. The second kappa shape index (κ2) is 12.7. The van der Waals surface area contributed by atoms with Gasteiger partial charge in [0.1, 0.15) is 5.75 Å². The van der Waals surface area contributed by atoms with E-state index in [2.05, 4.69) is 15.5 Å². The lowest BCUT2D eigenvalue weighted by atomic mass is 9.87. The van der Waals surface area contributed by atoms with E-state index in [0.717, 1.165) is 5.69 Å². The smallest absolute Gasteiger partial charge is 0.317 e. The van der Waals surface area contributed by atoms with Gasteiger partial charge in [0.15, 0.2) is 0 Å². The number of piperazine rings is 1. The van der Waals surface area contributed by atoms with Crippen LogP contribution in [0.1, 0.15) is 36.0 Å². The zero-order valence-electron chi connectivity index (χ0n) is 20.7. The average Bonchev–Trinajstić information content (AvgIpc) is 2.92. The van der Waals surface area contributed by atoms with Crippen molar-refractivity contribution < 1.29 is 24.2 Å². The lowest BCUT2D eigenvalue weighted by molar-refractivity contribution is -0.143. The Kier molecular flexibility index (Phi) is 9.11. The van der Waals surface area contributed by atoms with E-state index < -0.39 is 5.97 Å². The molecule has 2 aromatic carbocycles. The van der Waals surface area contributed by atoms with Crippen LogP contribution in [0, 0.1) is 5.92 Å². The largest absolute Gasteiger partial charge is 0.490 e. The highest BCUT2D eigenvalue weighted by molar-refractivity contribution is 6.33. The first-order chi connectivity index (χ1) is 17.9. The number of nitrogens with one attached hydrogen (secondary N) is 2. The predicted octanol–water partition coefficient (Wildman–Crippen LogP) is 3.62. The second-order valence-corrected chi connectivity index (χ2v) is 9.77. The molecule has 3 amide bonds. The van der Waals surface area contributed by atoms with Crippen LogP contribution in [0.4, 0.5) is 10.5 Å². The van der Waals surface area contributed by atoms with Gasteiger partial charge in [-0.2, -0.15) is 0 Å². The van der Waals surface area contributed by atoms with Crippen molar-refractivity contribution in [3.8, 4) is 5.75 Å². The van der Waals surface area contributed by atoms with Crippen LogP contribution in [-0.2, 0) is 4.79 Å². The van der Waals surface area contributed by atoms with E-state index in [4.69, 9.17) is 21.4 Å². The number of hydrogen-bond acceptors (Lipinski definition) is 5. The Hall–Kier alpha value is -3.46. The molecule has 0 radical (unpaired) electrons. The minimum Gasteiger partial charge on any atom is -0.490 e. The Labute approximate surface area is 221 Å². The van der Waals surface area contributed by atoms with Crippen LogP contribution in [0.2, 0.25) is 5.02 Å². The van der Waals surface area contributed by atoms with Gasteiger partial charge in [-0.05, 0) is 62.1 Å². The highest BCUT2D eigenvalue weighted by Gasteiger charge is 2.27. The van der Waals surface area contributed by atoms with Gasteiger partial charge >= 0.3 is 12.0 Å². The maximum atomic E-state index is 12.5. The number of hydrogen-bond donors (Lipinski definition) is 3. The number of carbonyl (C=O) groups is 3. The Morgan fingerprint density at radius 1 is 0.892 bits per heavy atom. The zero-order chi connectivity index (χ0) is 26.2. The molecule has 1 heterocycles. The third-order valence-electron chi connectivity index (χ3n) is 6.89. The van der Waals surface area contributed by atoms with Crippen LogP contribution < -0.4 is 20.3 Å². The number of anilines is 1. The molecule has 0 atom stereocenters. The number of carboxylic acid groups (broad SMARTS) is 1. The molecule has 37 heavy (non-hydrogen) atoms. The lowest BCUT2D eigenvalue weighted by Gasteiger charge is -2.36. The van der Waals surface area contributed by atoms with E-state index in [9.17, 15) is 14.4 Å². The molecule has 0 unspecified atom stereocenters. The van der Waals surface area contributed by atoms with Crippen LogP contribution in [0.5, 0.6) is 5.75 Å². The van der Waals surface area contributed by atoms with Gasteiger partial charge in [0.05, 0.1) is 22.7 Å². The van der Waals surface area contributed by atoms with E-state index in [0.29, 0.717) is 81.3 Å². The Morgan fingerprint density at radius 3 is 2.19 bits per heavy atom. The molecule has 0 aromatic heterocycles. The van der Waals surface area contributed by atoms with E-state index in [1.807, 2.05) is 24.3 Å². The van der Waals surface area contributed by atoms with Crippen LogP contribution in [-0.4, -0.2) is 73.3 Å². The summed E-state index contributed by atoms with van der Waals surface area (Å²) in [5, 5.41) is 15.5. The maximum Gasteiger partial charge on any atom is 0.317 e. The minimum atomic E-state index is -0.735. The Morgan fingerprint density at radius 2 is 1.54 bits per heavy atom. The number of halogens is 1. The van der Waals surface area contributed by atoms with Crippen LogP contribution in [0.3, 0.4) is 0 Å². The van der Waals surface area contributed by atoms with E-state index in [1.54, 1.807) is 29.2 Å². The van der Waals surface area contributed by atoms with Crippen LogP contribution in [0.25, 0.3) is 0 Å². The number of carboxylic acids is 1. The van der Waals surface area contributed by atoms with E-state index >= 15 is 0 Å². The predicted molar refractivity (Wildman–Crippen MR) is 141 cm³/mol. The van der Waals surface area contributed by atoms with Crippen LogP contribution in [0.15, 0.2) is 48.5 Å². The number of rotatable bonds is 8. The quantitative estimate of drug-likeness (QED) is 0.451. The fourth-order valence-corrected chi connectivity index (χ4v) is 4.98. The van der Waals surface area contributed by atoms with Crippen molar-refractivity contribution in [2.45, 2.75) is 31.8 Å². The molecule has 10 heteroatoms. The van der Waals surface area contributed by atoms with Crippen molar-refractivity contribution in [1.82, 2.24) is 15.5 Å². The number of amides is 3.